The molecule has 0 unspecified atom stereocenters. The predicted octanol–water partition coefficient (Wildman–Crippen LogP) is 2.73. The number of nitrogens with one attached hydrogen (secondary N) is 1. The number of cyclic esters (lactones) is 1. The van der Waals surface area contributed by atoms with Gasteiger partial charge in [-0.1, -0.05) is 0 Å². The zero-order chi connectivity index (χ0) is 24.9. The number of urea groups is 1. The first-order valence-corrected chi connectivity index (χ1v) is 11.0. The number of benzene rings is 1. The van der Waals surface area contributed by atoms with Gasteiger partial charge >= 0.3 is 12.1 Å². The van der Waals surface area contributed by atoms with E-state index in [1.54, 1.807) is 6.07 Å². The number of nitrogens with zero attached hydrogens (tertiary/aromatic N) is 5. The predicted molar refractivity (Wildman–Crippen MR) is 120 cm³/mol. The first kappa shape index (κ1) is 24.3. The van der Waals surface area contributed by atoms with E-state index in [2.05, 4.69) is 15.3 Å². The highest BCUT2D eigenvalue weighted by Crippen LogP contribution is 2.32. The van der Waals surface area contributed by atoms with Crippen molar-refractivity contribution in [1.82, 2.24) is 15.0 Å². The third-order valence-corrected chi connectivity index (χ3v) is 5.51. The summed E-state index contributed by atoms with van der Waals surface area (Å²) in [6.07, 6.45) is 2.27. The monoisotopic (exact) mass is 490 g/mol. The highest BCUT2D eigenvalue weighted by molar-refractivity contribution is 5.90. The molecule has 0 aliphatic carbocycles. The van der Waals surface area contributed by atoms with E-state index in [4.69, 9.17) is 9.57 Å². The van der Waals surface area contributed by atoms with Gasteiger partial charge in [0.15, 0.2) is 11.6 Å². The second kappa shape index (κ2) is 10.6. The molecular weight excluding hydrogens is 466 g/mol. The van der Waals surface area contributed by atoms with Gasteiger partial charge in [-0.25, -0.2) is 33.4 Å². The second-order valence-corrected chi connectivity index (χ2v) is 8.04. The summed E-state index contributed by atoms with van der Waals surface area (Å²) in [5, 5.41) is 3.53. The molecule has 2 saturated heterocycles. The van der Waals surface area contributed by atoms with E-state index in [1.807, 2.05) is 0 Å². The number of hydrogen-bond acceptors (Lipinski definition) is 8. The van der Waals surface area contributed by atoms with E-state index >= 15 is 8.78 Å². The Bertz CT molecular complexity index is 1080. The minimum absolute atomic E-state index is 0.0000219. The smallest absolute Gasteiger partial charge is 0.414 e. The summed E-state index contributed by atoms with van der Waals surface area (Å²) in [6.45, 7) is 1.77. The number of amides is 3. The van der Waals surface area contributed by atoms with Crippen LogP contribution >= 0.6 is 0 Å². The Hall–Kier alpha value is -3.87. The molecule has 0 spiro atoms. The number of halogens is 2. The molecule has 2 fully saturated rings. The number of hydrogen-bond donors (Lipinski definition) is 1. The van der Waals surface area contributed by atoms with Crippen molar-refractivity contribution in [2.75, 3.05) is 47.9 Å². The summed E-state index contributed by atoms with van der Waals surface area (Å²) in [5.41, 5.74) is -0.263. The Labute approximate surface area is 199 Å². The SMILES string of the molecule is CC(=O)CC[C@H]1CN(c2cc(F)c(N3CCON(C(=O)Nc4ncccn4)CC3)c(F)c2)C(=O)O1. The number of carbonyl (C=O) groups is 3. The minimum Gasteiger partial charge on any atom is -0.444 e. The Morgan fingerprint density at radius 3 is 2.54 bits per heavy atom. The van der Waals surface area contributed by atoms with Crippen LogP contribution in [-0.4, -0.2) is 71.8 Å². The van der Waals surface area contributed by atoms with E-state index in [0.717, 1.165) is 22.1 Å². The fourth-order valence-electron chi connectivity index (χ4n) is 3.81. The lowest BCUT2D eigenvalue weighted by atomic mass is 10.1. The van der Waals surface area contributed by atoms with Crippen molar-refractivity contribution < 1.29 is 32.7 Å². The fraction of sp³-hybridized carbons (Fsp3) is 0.409. The largest absolute Gasteiger partial charge is 0.444 e. The van der Waals surface area contributed by atoms with E-state index in [9.17, 15) is 14.4 Å². The summed E-state index contributed by atoms with van der Waals surface area (Å²) in [6, 6.07) is 3.12. The average Bonchev–Trinajstić information content (AvgIpc) is 3.02. The topological polar surface area (TPSA) is 117 Å². The van der Waals surface area contributed by atoms with Crippen LogP contribution in [0.25, 0.3) is 0 Å². The van der Waals surface area contributed by atoms with Crippen molar-refractivity contribution >= 4 is 35.2 Å². The van der Waals surface area contributed by atoms with Crippen LogP contribution in [0.3, 0.4) is 0 Å². The second-order valence-electron chi connectivity index (χ2n) is 8.04. The third-order valence-electron chi connectivity index (χ3n) is 5.51. The van der Waals surface area contributed by atoms with Gasteiger partial charge in [-0.15, -0.1) is 0 Å². The fourth-order valence-corrected chi connectivity index (χ4v) is 3.81. The van der Waals surface area contributed by atoms with E-state index in [0.29, 0.717) is 6.42 Å². The van der Waals surface area contributed by atoms with Crippen LogP contribution in [0.5, 0.6) is 0 Å². The molecule has 3 heterocycles. The maximum absolute atomic E-state index is 15.0. The van der Waals surface area contributed by atoms with E-state index in [-0.39, 0.29) is 62.3 Å². The zero-order valence-electron chi connectivity index (χ0n) is 18.9. The molecule has 2 aliphatic heterocycles. The normalized spacial score (nSPS) is 18.3. The molecule has 1 aromatic carbocycles. The maximum Gasteiger partial charge on any atom is 0.414 e. The summed E-state index contributed by atoms with van der Waals surface area (Å²) in [7, 11) is 0. The standard InChI is InChI=1S/C22H24F2N6O5/c1-14(31)3-4-16-13-29(22(33)35-16)15-11-17(23)19(18(24)12-15)28-7-8-30(34-10-9-28)21(32)27-20-25-5-2-6-26-20/h2,5-6,11-12,16H,3-4,7-10,13H2,1H3,(H,25,26,27,32)/t16-/m0/s1. The number of carbonyl (C=O) groups excluding carboxylic acids is 3. The molecule has 4 rings (SSSR count). The summed E-state index contributed by atoms with van der Waals surface area (Å²) < 4.78 is 35.3. The van der Waals surface area contributed by atoms with Gasteiger partial charge in [-0.2, -0.15) is 0 Å². The van der Waals surface area contributed by atoms with Crippen LogP contribution < -0.4 is 15.1 Å². The molecule has 1 N–H and O–H groups in total. The van der Waals surface area contributed by atoms with Gasteiger partial charge in [0.1, 0.15) is 17.6 Å². The molecule has 0 saturated carbocycles. The van der Waals surface area contributed by atoms with Crippen LogP contribution in [0.2, 0.25) is 0 Å². The van der Waals surface area contributed by atoms with Crippen LogP contribution in [0.1, 0.15) is 19.8 Å². The number of rotatable bonds is 6. The van der Waals surface area contributed by atoms with Gasteiger partial charge in [0.05, 0.1) is 25.4 Å². The van der Waals surface area contributed by atoms with Crippen molar-refractivity contribution in [3.63, 3.8) is 0 Å². The molecule has 35 heavy (non-hydrogen) atoms. The van der Waals surface area contributed by atoms with Crippen molar-refractivity contribution in [2.24, 2.45) is 0 Å². The molecule has 1 atom stereocenters. The van der Waals surface area contributed by atoms with Gasteiger partial charge in [-0.05, 0) is 19.4 Å². The molecule has 186 valence electrons. The lowest BCUT2D eigenvalue weighted by molar-refractivity contribution is -0.117. The van der Waals surface area contributed by atoms with Crippen molar-refractivity contribution in [3.05, 3.63) is 42.2 Å². The van der Waals surface area contributed by atoms with Gasteiger partial charge in [-0.3, -0.25) is 15.1 Å². The number of anilines is 3. The van der Waals surface area contributed by atoms with Gasteiger partial charge in [0.2, 0.25) is 5.95 Å². The lowest BCUT2D eigenvalue weighted by Gasteiger charge is -2.24. The summed E-state index contributed by atoms with van der Waals surface area (Å²) in [4.78, 5) is 51.6. The van der Waals surface area contributed by atoms with Crippen molar-refractivity contribution in [3.8, 4) is 0 Å². The van der Waals surface area contributed by atoms with Gasteiger partial charge in [0, 0.05) is 44.0 Å². The van der Waals surface area contributed by atoms with Crippen LogP contribution in [-0.2, 0) is 14.4 Å². The minimum atomic E-state index is -0.865. The Morgan fingerprint density at radius 2 is 1.86 bits per heavy atom. The quantitative estimate of drug-likeness (QED) is 0.657. The molecule has 1 aromatic heterocycles. The summed E-state index contributed by atoms with van der Waals surface area (Å²) in [5.74, 6) is -1.67. The number of ether oxygens (including phenoxy) is 1. The molecular formula is C22H24F2N6O5. The first-order valence-electron chi connectivity index (χ1n) is 11.0. The maximum atomic E-state index is 15.0. The Morgan fingerprint density at radius 1 is 1.14 bits per heavy atom. The number of ketones is 1. The van der Waals surface area contributed by atoms with Crippen LogP contribution in [0, 0.1) is 11.6 Å². The van der Waals surface area contributed by atoms with Crippen molar-refractivity contribution in [1.29, 1.82) is 0 Å². The Balaban J connectivity index is 1.42. The lowest BCUT2D eigenvalue weighted by Crippen LogP contribution is -2.38. The zero-order valence-corrected chi connectivity index (χ0v) is 18.9. The number of aromatic nitrogens is 2. The highest BCUT2D eigenvalue weighted by atomic mass is 19.1. The van der Waals surface area contributed by atoms with E-state index in [1.165, 1.54) is 24.2 Å². The summed E-state index contributed by atoms with van der Waals surface area (Å²) >= 11 is 0. The molecule has 11 nitrogen and oxygen atoms in total. The molecule has 0 radical (unpaired) electrons. The molecule has 0 bridgehead atoms. The van der Waals surface area contributed by atoms with Crippen LogP contribution in [0.15, 0.2) is 30.6 Å². The van der Waals surface area contributed by atoms with Gasteiger partial charge < -0.3 is 14.4 Å². The number of Topliss-reactive ketones (excluding diaryl/α,β-unsaturated/α-hetero) is 1. The van der Waals surface area contributed by atoms with Crippen molar-refractivity contribution in [2.45, 2.75) is 25.9 Å². The Kier molecular flexibility index (Phi) is 7.34. The van der Waals surface area contributed by atoms with Gasteiger partial charge in [0.25, 0.3) is 0 Å². The molecule has 3 amide bonds. The molecule has 13 heteroatoms. The first-order chi connectivity index (χ1) is 16.8. The third kappa shape index (κ3) is 5.80. The molecule has 2 aliphatic rings. The van der Waals surface area contributed by atoms with E-state index < -0.39 is 29.9 Å². The average molecular weight is 490 g/mol. The van der Waals surface area contributed by atoms with Crippen LogP contribution in [0.4, 0.5) is 35.7 Å². The number of hydroxylamine groups is 2. The molecule has 2 aromatic rings. The highest BCUT2D eigenvalue weighted by Gasteiger charge is 2.34.